The number of carboxylic acid groups (broad SMARTS) is 1. The van der Waals surface area contributed by atoms with E-state index < -0.39 is 5.97 Å². The summed E-state index contributed by atoms with van der Waals surface area (Å²) in [5, 5.41) is 9.24. The van der Waals surface area contributed by atoms with Gasteiger partial charge in [-0.15, -0.1) is 0 Å². The highest BCUT2D eigenvalue weighted by atomic mass is 32.2. The molecule has 24 heavy (non-hydrogen) atoms. The summed E-state index contributed by atoms with van der Waals surface area (Å²) >= 11 is 0.727. The van der Waals surface area contributed by atoms with Crippen LogP contribution in [0.15, 0.2) is 59.0 Å². The van der Waals surface area contributed by atoms with E-state index in [-0.39, 0.29) is 6.42 Å². The van der Waals surface area contributed by atoms with Crippen molar-refractivity contribution in [3.63, 3.8) is 0 Å². The molecule has 0 atom stereocenters. The number of carbonyl (C=O) groups is 1. The summed E-state index contributed by atoms with van der Waals surface area (Å²) in [5.41, 5.74) is 7.28. The number of fused-ring (bicyclic) bond motifs is 1. The first-order chi connectivity index (χ1) is 11.5. The van der Waals surface area contributed by atoms with Crippen molar-refractivity contribution >= 4 is 34.7 Å². The average Bonchev–Trinajstić information content (AvgIpc) is 2.86. The van der Waals surface area contributed by atoms with Crippen LogP contribution in [-0.2, 0) is 4.79 Å². The first kappa shape index (κ1) is 16.6. The first-order valence-corrected chi connectivity index (χ1v) is 8.44. The van der Waals surface area contributed by atoms with Gasteiger partial charge >= 0.3 is 5.97 Å². The summed E-state index contributed by atoms with van der Waals surface area (Å²) < 4.78 is 9.11. The van der Waals surface area contributed by atoms with Crippen LogP contribution in [0, 0.1) is 0 Å². The Labute approximate surface area is 145 Å². The molecular formula is C20H18O3S. The van der Waals surface area contributed by atoms with E-state index in [0.717, 1.165) is 55.9 Å². The summed E-state index contributed by atoms with van der Waals surface area (Å²) in [6.07, 6.45) is 0.0275. The summed E-state index contributed by atoms with van der Waals surface area (Å²) in [6, 6.07) is 15.7. The van der Waals surface area contributed by atoms with Crippen LogP contribution in [0.5, 0.6) is 0 Å². The van der Waals surface area contributed by atoms with Gasteiger partial charge in [-0.2, -0.15) is 0 Å². The summed E-state index contributed by atoms with van der Waals surface area (Å²) in [4.78, 5) is 12.0. The zero-order chi connectivity index (χ0) is 17.3. The van der Waals surface area contributed by atoms with Gasteiger partial charge in [-0.1, -0.05) is 36.4 Å². The van der Waals surface area contributed by atoms with Crippen LogP contribution in [0.25, 0.3) is 16.7 Å². The van der Waals surface area contributed by atoms with Gasteiger partial charge in [0, 0.05) is 16.9 Å². The molecule has 0 bridgehead atoms. The van der Waals surface area contributed by atoms with Crippen molar-refractivity contribution in [1.82, 2.24) is 0 Å². The number of hydrogen-bond acceptors (Lipinski definition) is 3. The Morgan fingerprint density at radius 1 is 1.04 bits per heavy atom. The van der Waals surface area contributed by atoms with Crippen LogP contribution in [0.2, 0.25) is 0 Å². The van der Waals surface area contributed by atoms with Gasteiger partial charge in [0.1, 0.15) is 0 Å². The van der Waals surface area contributed by atoms with E-state index in [1.54, 1.807) is 0 Å². The van der Waals surface area contributed by atoms with E-state index in [0.29, 0.717) is 0 Å². The van der Waals surface area contributed by atoms with Crippen LogP contribution in [0.3, 0.4) is 0 Å². The van der Waals surface area contributed by atoms with Gasteiger partial charge in [-0.05, 0) is 65.0 Å². The zero-order valence-corrected chi connectivity index (χ0v) is 14.4. The molecule has 2 aromatic rings. The topological polar surface area (TPSA) is 57.5 Å². The number of aliphatic carboxylic acids is 1. The quantitative estimate of drug-likeness (QED) is 0.728. The third kappa shape index (κ3) is 2.90. The maximum absolute atomic E-state index is 11.3. The lowest BCUT2D eigenvalue weighted by Gasteiger charge is -2.11. The van der Waals surface area contributed by atoms with E-state index in [1.807, 2.05) is 55.5 Å². The molecule has 122 valence electrons. The molecule has 0 unspecified atom stereocenters. The smallest absolute Gasteiger partial charge is 0.307 e. The molecule has 0 radical (unpaired) electrons. The largest absolute Gasteiger partial charge is 0.481 e. The fourth-order valence-corrected chi connectivity index (χ4v) is 3.55. The summed E-state index contributed by atoms with van der Waals surface area (Å²) in [6.45, 7) is 4.05. The molecule has 3 nitrogen and oxygen atoms in total. The third-order valence-electron chi connectivity index (χ3n) is 4.44. The first-order valence-electron chi connectivity index (χ1n) is 7.67. The molecule has 1 aliphatic carbocycles. The maximum Gasteiger partial charge on any atom is 0.307 e. The number of benzene rings is 2. The van der Waals surface area contributed by atoms with Gasteiger partial charge < -0.3 is 9.66 Å². The Kier molecular flexibility index (Phi) is 4.60. The average molecular weight is 338 g/mol. The molecule has 0 amide bonds. The van der Waals surface area contributed by atoms with E-state index >= 15 is 0 Å². The fourth-order valence-electron chi connectivity index (χ4n) is 3.29. The molecule has 2 N–H and O–H groups in total. The van der Waals surface area contributed by atoms with Gasteiger partial charge in [0.2, 0.25) is 0 Å². The third-order valence-corrected chi connectivity index (χ3v) is 4.93. The monoisotopic (exact) mass is 338 g/mol. The normalized spacial score (nSPS) is 15.5. The SMILES string of the molecule is CC1=C(CC(=O)O)c2ccccc2/C1=C(/C)c1ccc(SO)cc1. The zero-order valence-electron chi connectivity index (χ0n) is 13.5. The number of allylic oxidation sites excluding steroid dienone is 3. The van der Waals surface area contributed by atoms with Gasteiger partial charge in [0.05, 0.1) is 6.42 Å². The van der Waals surface area contributed by atoms with Crippen molar-refractivity contribution in [3.05, 3.63) is 70.8 Å². The minimum absolute atomic E-state index is 0.0275. The highest BCUT2D eigenvalue weighted by Crippen LogP contribution is 2.45. The Balaban J connectivity index is 2.17. The standard InChI is InChI=1S/C20H18O3S/c1-12(14-7-9-15(24-23)10-8-14)20-13(2)18(11-19(21)22)16-5-3-4-6-17(16)20/h3-10,23H,11H2,1-2H3,(H,21,22)/b20-12-. The van der Waals surface area contributed by atoms with Crippen LogP contribution < -0.4 is 0 Å². The second kappa shape index (κ2) is 6.67. The Bertz CT molecular complexity index is 861. The Morgan fingerprint density at radius 2 is 1.67 bits per heavy atom. The molecule has 2 aromatic carbocycles. The molecule has 0 spiro atoms. The Hall–Kier alpha value is -2.30. The van der Waals surface area contributed by atoms with Crippen LogP contribution in [-0.4, -0.2) is 15.6 Å². The lowest BCUT2D eigenvalue weighted by Crippen LogP contribution is -1.96. The van der Waals surface area contributed by atoms with E-state index in [2.05, 4.69) is 6.92 Å². The molecular weight excluding hydrogens is 320 g/mol. The van der Waals surface area contributed by atoms with Crippen molar-refractivity contribution in [2.24, 2.45) is 0 Å². The predicted molar refractivity (Wildman–Crippen MR) is 98.7 cm³/mol. The van der Waals surface area contributed by atoms with Crippen molar-refractivity contribution < 1.29 is 14.5 Å². The molecule has 4 heteroatoms. The lowest BCUT2D eigenvalue weighted by molar-refractivity contribution is -0.135. The van der Waals surface area contributed by atoms with Crippen molar-refractivity contribution in [2.45, 2.75) is 25.2 Å². The summed E-state index contributed by atoms with van der Waals surface area (Å²) in [7, 11) is 0. The van der Waals surface area contributed by atoms with Crippen LogP contribution in [0.4, 0.5) is 0 Å². The van der Waals surface area contributed by atoms with Crippen molar-refractivity contribution in [1.29, 1.82) is 0 Å². The predicted octanol–water partition coefficient (Wildman–Crippen LogP) is 5.44. The van der Waals surface area contributed by atoms with Crippen molar-refractivity contribution in [2.75, 3.05) is 0 Å². The second-order valence-corrected chi connectivity index (χ2v) is 6.49. The molecule has 1 aliphatic rings. The highest BCUT2D eigenvalue weighted by Gasteiger charge is 2.26. The molecule has 0 saturated carbocycles. The highest BCUT2D eigenvalue weighted by molar-refractivity contribution is 7.93. The summed E-state index contributed by atoms with van der Waals surface area (Å²) in [5.74, 6) is -0.817. The van der Waals surface area contributed by atoms with Gasteiger partial charge in [0.25, 0.3) is 0 Å². The minimum Gasteiger partial charge on any atom is -0.481 e. The minimum atomic E-state index is -0.817. The van der Waals surface area contributed by atoms with Gasteiger partial charge in [0.15, 0.2) is 0 Å². The number of hydrogen-bond donors (Lipinski definition) is 2. The van der Waals surface area contributed by atoms with Crippen molar-refractivity contribution in [3.8, 4) is 0 Å². The molecule has 0 aromatic heterocycles. The Morgan fingerprint density at radius 3 is 2.25 bits per heavy atom. The number of carboxylic acids is 1. The number of rotatable bonds is 4. The van der Waals surface area contributed by atoms with E-state index in [9.17, 15) is 9.90 Å². The maximum atomic E-state index is 11.3. The molecule has 0 fully saturated rings. The van der Waals surface area contributed by atoms with Gasteiger partial charge in [-0.3, -0.25) is 4.79 Å². The molecule has 0 aliphatic heterocycles. The molecule has 3 rings (SSSR count). The van der Waals surface area contributed by atoms with Gasteiger partial charge in [-0.25, -0.2) is 0 Å². The molecule has 0 heterocycles. The second-order valence-electron chi connectivity index (χ2n) is 5.84. The van der Waals surface area contributed by atoms with Crippen LogP contribution in [0.1, 0.15) is 37.0 Å². The fraction of sp³-hybridized carbons (Fsp3) is 0.150. The van der Waals surface area contributed by atoms with E-state index in [4.69, 9.17) is 4.55 Å². The molecule has 0 saturated heterocycles. The lowest BCUT2D eigenvalue weighted by atomic mass is 9.94. The van der Waals surface area contributed by atoms with Crippen LogP contribution >= 0.6 is 12.0 Å². The van der Waals surface area contributed by atoms with E-state index in [1.165, 1.54) is 0 Å².